The molecule has 17 heavy (non-hydrogen) atoms. The predicted molar refractivity (Wildman–Crippen MR) is 62.9 cm³/mol. The number of hydrogen-bond donors (Lipinski definition) is 0. The zero-order chi connectivity index (χ0) is 11.0. The zero-order valence-corrected chi connectivity index (χ0v) is 11.6. The minimum absolute atomic E-state index is 0. The standard InChI is InChI=1S/C13H7FOS.Pt/c14-8-10-5-6-11(15-10)13-7-9-3-1-2-4-12(9)16-13;/h1-6,8H;/q-1;. The van der Waals surface area contributed by atoms with Gasteiger partial charge in [0.1, 0.15) is 5.76 Å². The van der Waals surface area contributed by atoms with Gasteiger partial charge in [0.2, 0.25) is 0 Å². The smallest absolute Gasteiger partial charge is 0.194 e. The third-order valence-corrected chi connectivity index (χ3v) is 3.39. The van der Waals surface area contributed by atoms with Gasteiger partial charge in [-0.25, -0.2) is 15.7 Å². The quantitative estimate of drug-likeness (QED) is 0.554. The first-order valence-corrected chi connectivity index (χ1v) is 5.63. The number of benzene rings is 1. The molecule has 0 amide bonds. The van der Waals surface area contributed by atoms with E-state index in [4.69, 9.17) is 4.42 Å². The number of thiophene rings is 1. The molecule has 1 radical (unpaired) electrons. The number of halogens is 1. The molecular formula is C13H7FOPtS-. The molecule has 1 aromatic carbocycles. The summed E-state index contributed by atoms with van der Waals surface area (Å²) >= 11 is 1.59. The summed E-state index contributed by atoms with van der Waals surface area (Å²) in [7, 11) is 0. The average Bonchev–Trinajstić information content (AvgIpc) is 2.95. The molecule has 0 fully saturated rings. The van der Waals surface area contributed by atoms with Crippen molar-refractivity contribution >= 4 is 21.4 Å². The monoisotopic (exact) mass is 425 g/mol. The number of furan rings is 1. The fourth-order valence-corrected chi connectivity index (χ4v) is 2.53. The summed E-state index contributed by atoms with van der Waals surface area (Å²) in [5.74, 6) is 0.894. The van der Waals surface area contributed by atoms with Crippen LogP contribution < -0.4 is 0 Å². The van der Waals surface area contributed by atoms with Gasteiger partial charge in [0.05, 0.1) is 5.76 Å². The Labute approximate surface area is 117 Å². The van der Waals surface area contributed by atoms with Gasteiger partial charge >= 0.3 is 0 Å². The van der Waals surface area contributed by atoms with E-state index in [-0.39, 0.29) is 26.8 Å². The SMILES string of the molecule is F[CH]c1ccc(-c2[c-]c3ccccc3s2)o1.[Pt]. The van der Waals surface area contributed by atoms with Crippen LogP contribution in [0.5, 0.6) is 0 Å². The molecule has 4 heteroatoms. The van der Waals surface area contributed by atoms with Crippen LogP contribution in [-0.2, 0) is 21.1 Å². The van der Waals surface area contributed by atoms with E-state index in [0.717, 1.165) is 15.0 Å². The Morgan fingerprint density at radius 3 is 2.71 bits per heavy atom. The molecule has 0 spiro atoms. The molecule has 0 bridgehead atoms. The molecule has 1 nitrogen and oxygen atoms in total. The van der Waals surface area contributed by atoms with Crippen LogP contribution in [0.25, 0.3) is 20.7 Å². The number of rotatable bonds is 2. The maximum atomic E-state index is 12.2. The summed E-state index contributed by atoms with van der Waals surface area (Å²) < 4.78 is 18.7. The van der Waals surface area contributed by atoms with E-state index >= 15 is 0 Å². The molecule has 0 aliphatic carbocycles. The van der Waals surface area contributed by atoms with Gasteiger partial charge in [-0.15, -0.1) is 23.6 Å². The molecule has 3 aromatic rings. The van der Waals surface area contributed by atoms with Crippen LogP contribution in [0.4, 0.5) is 4.39 Å². The largest absolute Gasteiger partial charge is 0.500 e. The maximum absolute atomic E-state index is 12.2. The first-order chi connectivity index (χ1) is 7.86. The van der Waals surface area contributed by atoms with Gasteiger partial charge in [0, 0.05) is 21.1 Å². The van der Waals surface area contributed by atoms with Gasteiger partial charge in [-0.2, -0.15) is 0 Å². The van der Waals surface area contributed by atoms with Crippen LogP contribution in [-0.4, -0.2) is 0 Å². The fraction of sp³-hybridized carbons (Fsp3) is 0. The Bertz CT molecular complexity index is 596. The first kappa shape index (κ1) is 12.5. The van der Waals surface area contributed by atoms with E-state index in [2.05, 4.69) is 6.07 Å². The van der Waals surface area contributed by atoms with Crippen molar-refractivity contribution in [2.24, 2.45) is 0 Å². The average molecular weight is 425 g/mol. The maximum Gasteiger partial charge on any atom is 0.194 e. The van der Waals surface area contributed by atoms with Crippen molar-refractivity contribution in [2.75, 3.05) is 0 Å². The Morgan fingerprint density at radius 2 is 2.00 bits per heavy atom. The van der Waals surface area contributed by atoms with Crippen molar-refractivity contribution in [1.29, 1.82) is 0 Å². The Balaban J connectivity index is 0.00000108. The van der Waals surface area contributed by atoms with Gasteiger partial charge in [0.15, 0.2) is 6.67 Å². The van der Waals surface area contributed by atoms with Crippen LogP contribution in [0.1, 0.15) is 5.76 Å². The van der Waals surface area contributed by atoms with Crippen LogP contribution in [0.15, 0.2) is 40.8 Å². The third-order valence-electron chi connectivity index (χ3n) is 2.31. The van der Waals surface area contributed by atoms with E-state index in [1.165, 1.54) is 0 Å². The molecule has 0 saturated carbocycles. The molecule has 0 atom stereocenters. The van der Waals surface area contributed by atoms with Crippen molar-refractivity contribution in [1.82, 2.24) is 0 Å². The summed E-state index contributed by atoms with van der Waals surface area (Å²) in [6.07, 6.45) is 0. The Kier molecular flexibility index (Phi) is 3.80. The van der Waals surface area contributed by atoms with Crippen LogP contribution in [0.3, 0.4) is 0 Å². The van der Waals surface area contributed by atoms with E-state index in [0.29, 0.717) is 12.4 Å². The summed E-state index contributed by atoms with van der Waals surface area (Å²) in [5, 5.41) is 1.06. The summed E-state index contributed by atoms with van der Waals surface area (Å²) in [4.78, 5) is 0.898. The number of hydrogen-bond acceptors (Lipinski definition) is 2. The van der Waals surface area contributed by atoms with Crippen LogP contribution >= 0.6 is 11.3 Å². The first-order valence-electron chi connectivity index (χ1n) is 4.81. The van der Waals surface area contributed by atoms with Gasteiger partial charge in [0.25, 0.3) is 0 Å². The minimum atomic E-state index is 0. The zero-order valence-electron chi connectivity index (χ0n) is 8.55. The van der Waals surface area contributed by atoms with Gasteiger partial charge in [-0.3, -0.25) is 0 Å². The second-order valence-electron chi connectivity index (χ2n) is 3.36. The van der Waals surface area contributed by atoms with E-state index in [1.807, 2.05) is 24.3 Å². The van der Waals surface area contributed by atoms with Gasteiger partial charge < -0.3 is 4.42 Å². The molecule has 2 heterocycles. The molecule has 0 unspecified atom stereocenters. The molecule has 0 saturated heterocycles. The van der Waals surface area contributed by atoms with Crippen LogP contribution in [0, 0.1) is 12.7 Å². The van der Waals surface area contributed by atoms with E-state index in [9.17, 15) is 4.39 Å². The van der Waals surface area contributed by atoms with Crippen molar-refractivity contribution in [3.05, 3.63) is 54.9 Å². The number of fused-ring (bicyclic) bond motifs is 1. The van der Waals surface area contributed by atoms with Crippen molar-refractivity contribution in [3.63, 3.8) is 0 Å². The summed E-state index contributed by atoms with van der Waals surface area (Å²) in [6.45, 7) is 0.455. The van der Waals surface area contributed by atoms with Crippen molar-refractivity contribution < 1.29 is 29.9 Å². The molecule has 0 aliphatic rings. The fourth-order valence-electron chi connectivity index (χ4n) is 1.56. The normalized spacial score (nSPS) is 10.4. The van der Waals surface area contributed by atoms with Crippen LogP contribution in [0.2, 0.25) is 0 Å². The molecule has 3 rings (SSSR count). The summed E-state index contributed by atoms with van der Waals surface area (Å²) in [5.41, 5.74) is 0. The molecule has 0 N–H and O–H groups in total. The van der Waals surface area contributed by atoms with Gasteiger partial charge in [-0.1, -0.05) is 18.2 Å². The van der Waals surface area contributed by atoms with Crippen molar-refractivity contribution in [3.8, 4) is 10.6 Å². The molecule has 0 aliphatic heterocycles. The Morgan fingerprint density at radius 1 is 1.18 bits per heavy atom. The minimum Gasteiger partial charge on any atom is -0.500 e. The second kappa shape index (κ2) is 5.15. The molecule has 2 aromatic heterocycles. The molecular weight excluding hydrogens is 418 g/mol. The molecule has 89 valence electrons. The second-order valence-corrected chi connectivity index (χ2v) is 4.42. The Hall–Kier alpha value is -0.922. The van der Waals surface area contributed by atoms with Crippen molar-refractivity contribution in [2.45, 2.75) is 0 Å². The topological polar surface area (TPSA) is 13.1 Å². The third kappa shape index (κ3) is 2.36. The summed E-state index contributed by atoms with van der Waals surface area (Å²) in [6, 6.07) is 14.6. The van der Waals surface area contributed by atoms with E-state index in [1.54, 1.807) is 23.5 Å². The predicted octanol–water partition coefficient (Wildman–Crippen LogP) is 4.44. The van der Waals surface area contributed by atoms with E-state index < -0.39 is 0 Å². The van der Waals surface area contributed by atoms with Gasteiger partial charge in [-0.05, 0) is 15.6 Å².